The van der Waals surface area contributed by atoms with E-state index in [4.69, 9.17) is 9.73 Å². The third kappa shape index (κ3) is 4.78. The highest BCUT2D eigenvalue weighted by Crippen LogP contribution is 2.36. The normalized spacial score (nSPS) is 15.5. The van der Waals surface area contributed by atoms with Crippen molar-refractivity contribution in [3.05, 3.63) is 86.5 Å². The fourth-order valence-electron chi connectivity index (χ4n) is 4.28. The summed E-state index contributed by atoms with van der Waals surface area (Å²) in [5.41, 5.74) is 2.28. The van der Waals surface area contributed by atoms with Crippen LogP contribution < -0.4 is 19.6 Å². The number of likely N-dealkylation sites (N-methyl/N-ethyl adjacent to an activating group) is 1. The lowest BCUT2D eigenvalue weighted by molar-refractivity contribution is -0.127. The maximum atomic E-state index is 13.9. The summed E-state index contributed by atoms with van der Waals surface area (Å²) in [4.78, 5) is 34.5. The Hall–Kier alpha value is -2.44. The number of aromatic hydroxyl groups is 1. The molecule has 36 heavy (non-hydrogen) atoms. The van der Waals surface area contributed by atoms with E-state index in [2.05, 4.69) is 15.9 Å². The lowest BCUT2D eigenvalue weighted by Crippen LogP contribution is -2.43. The molecule has 0 saturated carbocycles. The number of fused-ring (bicyclic) bond motifs is 1. The smallest absolute Gasteiger partial charge is 0.271 e. The van der Waals surface area contributed by atoms with Crippen LogP contribution in [0.3, 0.4) is 0 Å². The molecule has 0 bridgehead atoms. The number of hydrogen-bond acceptors (Lipinski definition) is 6. The Morgan fingerprint density at radius 3 is 2.64 bits per heavy atom. The number of ether oxygens (including phenoxy) is 1. The molecule has 0 aliphatic carbocycles. The van der Waals surface area contributed by atoms with Crippen LogP contribution in [0, 0.1) is 3.57 Å². The Morgan fingerprint density at radius 1 is 1.31 bits per heavy atom. The van der Waals surface area contributed by atoms with Gasteiger partial charge in [-0.25, -0.2) is 4.99 Å². The highest BCUT2D eigenvalue weighted by molar-refractivity contribution is 14.1. The zero-order chi connectivity index (χ0) is 26.1. The Kier molecular flexibility index (Phi) is 8.06. The number of phenolic OH excluding ortho intramolecular Hbond substituents is 1. The van der Waals surface area contributed by atoms with Gasteiger partial charge in [0.2, 0.25) is 0 Å². The average Bonchev–Trinajstić information content (AvgIpc) is 3.16. The number of carbonyl (C=O) groups is 1. The number of methoxy groups -OCH3 is 1. The molecule has 1 aliphatic heterocycles. The zero-order valence-corrected chi connectivity index (χ0v) is 24.8. The van der Waals surface area contributed by atoms with Gasteiger partial charge in [0, 0.05) is 18.7 Å². The van der Waals surface area contributed by atoms with E-state index in [0.29, 0.717) is 47.5 Å². The third-order valence-corrected chi connectivity index (χ3v) is 8.48. The van der Waals surface area contributed by atoms with Crippen molar-refractivity contribution < 1.29 is 14.6 Å². The number of amides is 1. The monoisotopic (exact) mass is 681 g/mol. The number of aromatic nitrogens is 1. The van der Waals surface area contributed by atoms with Crippen LogP contribution in [-0.4, -0.2) is 40.7 Å². The van der Waals surface area contributed by atoms with Gasteiger partial charge in [0.25, 0.3) is 11.5 Å². The average molecular weight is 682 g/mol. The number of benzene rings is 2. The van der Waals surface area contributed by atoms with Crippen LogP contribution in [0.25, 0.3) is 6.08 Å². The van der Waals surface area contributed by atoms with Crippen LogP contribution in [0.1, 0.15) is 37.9 Å². The second kappa shape index (κ2) is 10.9. The number of para-hydroxylation sites is 1. The van der Waals surface area contributed by atoms with Crippen molar-refractivity contribution in [1.29, 1.82) is 0 Å². The summed E-state index contributed by atoms with van der Waals surface area (Å²) in [6, 6.07) is 10.3. The van der Waals surface area contributed by atoms with Gasteiger partial charge < -0.3 is 14.7 Å². The summed E-state index contributed by atoms with van der Waals surface area (Å²) in [6.45, 7) is 6.77. The molecule has 4 rings (SSSR count). The van der Waals surface area contributed by atoms with Crippen LogP contribution in [-0.2, 0) is 4.79 Å². The number of thiazole rings is 1. The number of nitrogens with zero attached hydrogens (tertiary/aromatic N) is 3. The zero-order valence-electron chi connectivity index (χ0n) is 20.2. The summed E-state index contributed by atoms with van der Waals surface area (Å²) in [5, 5.41) is 10.1. The van der Waals surface area contributed by atoms with Gasteiger partial charge in [0.1, 0.15) is 17.5 Å². The van der Waals surface area contributed by atoms with Crippen LogP contribution in [0.4, 0.5) is 0 Å². The minimum atomic E-state index is -0.681. The largest absolute Gasteiger partial charge is 0.506 e. The lowest BCUT2D eigenvalue weighted by Gasteiger charge is -2.29. The fraction of sp³-hybridized carbons (Fsp3) is 0.269. The first-order chi connectivity index (χ1) is 17.2. The third-order valence-electron chi connectivity index (χ3n) is 6.07. The van der Waals surface area contributed by atoms with E-state index < -0.39 is 6.04 Å². The van der Waals surface area contributed by atoms with Crippen molar-refractivity contribution in [2.24, 2.45) is 4.99 Å². The molecule has 1 aromatic heterocycles. The van der Waals surface area contributed by atoms with Gasteiger partial charge in [-0.15, -0.1) is 0 Å². The van der Waals surface area contributed by atoms with Crippen LogP contribution >= 0.6 is 49.9 Å². The Morgan fingerprint density at radius 2 is 2.00 bits per heavy atom. The number of allylic oxidation sites excluding steroid dienone is 1. The van der Waals surface area contributed by atoms with Gasteiger partial charge in [-0.3, -0.25) is 14.2 Å². The Bertz CT molecular complexity index is 1530. The summed E-state index contributed by atoms with van der Waals surface area (Å²) in [6.07, 6.45) is 1.78. The first kappa shape index (κ1) is 26.6. The van der Waals surface area contributed by atoms with Gasteiger partial charge in [-0.2, -0.15) is 0 Å². The molecule has 1 aliphatic rings. The molecule has 0 fully saturated rings. The topological polar surface area (TPSA) is 84.1 Å². The molecule has 2 heterocycles. The maximum absolute atomic E-state index is 13.9. The molecule has 1 N–H and O–H groups in total. The molecule has 1 atom stereocenters. The number of rotatable bonds is 6. The highest BCUT2D eigenvalue weighted by atomic mass is 127. The van der Waals surface area contributed by atoms with Gasteiger partial charge in [-0.05, 0) is 89.1 Å². The predicted octanol–water partition coefficient (Wildman–Crippen LogP) is 4.18. The fourth-order valence-corrected chi connectivity index (χ4v) is 6.83. The second-order valence-corrected chi connectivity index (χ2v) is 11.2. The van der Waals surface area contributed by atoms with Crippen molar-refractivity contribution in [2.75, 3.05) is 20.2 Å². The summed E-state index contributed by atoms with van der Waals surface area (Å²) < 4.78 is 8.92. The van der Waals surface area contributed by atoms with E-state index in [1.165, 1.54) is 11.3 Å². The second-order valence-electron chi connectivity index (χ2n) is 8.13. The number of carbonyl (C=O) groups excluding carboxylic acids is 1. The van der Waals surface area contributed by atoms with Gasteiger partial charge in [-0.1, -0.05) is 29.5 Å². The Balaban J connectivity index is 2.00. The molecule has 7 nitrogen and oxygen atoms in total. The van der Waals surface area contributed by atoms with Crippen LogP contribution in [0.5, 0.6) is 11.5 Å². The summed E-state index contributed by atoms with van der Waals surface area (Å²) in [5.74, 6) is 0.595. The first-order valence-electron chi connectivity index (χ1n) is 11.3. The number of hydrogen-bond donors (Lipinski definition) is 1. The van der Waals surface area contributed by atoms with Crippen molar-refractivity contribution in [2.45, 2.75) is 26.8 Å². The van der Waals surface area contributed by atoms with E-state index >= 15 is 0 Å². The molecule has 0 radical (unpaired) electrons. The summed E-state index contributed by atoms with van der Waals surface area (Å²) >= 11 is 6.68. The molecule has 0 unspecified atom stereocenters. The highest BCUT2D eigenvalue weighted by Gasteiger charge is 2.35. The van der Waals surface area contributed by atoms with Crippen molar-refractivity contribution >= 4 is 61.8 Å². The molecular weight excluding hydrogens is 657 g/mol. The van der Waals surface area contributed by atoms with Gasteiger partial charge in [0.15, 0.2) is 4.80 Å². The van der Waals surface area contributed by atoms with E-state index in [0.717, 1.165) is 11.1 Å². The molecule has 1 amide bonds. The van der Waals surface area contributed by atoms with Crippen molar-refractivity contribution in [3.8, 4) is 11.5 Å². The molecule has 0 saturated heterocycles. The quantitative estimate of drug-likeness (QED) is 0.396. The minimum Gasteiger partial charge on any atom is -0.506 e. The van der Waals surface area contributed by atoms with E-state index in [1.807, 2.05) is 67.6 Å². The van der Waals surface area contributed by atoms with Crippen molar-refractivity contribution in [1.82, 2.24) is 9.47 Å². The molecular formula is C26H25BrIN3O4S. The molecule has 188 valence electrons. The lowest BCUT2D eigenvalue weighted by atomic mass is 9.94. The van der Waals surface area contributed by atoms with Gasteiger partial charge in [0.05, 0.1) is 31.0 Å². The number of halogens is 2. The van der Waals surface area contributed by atoms with E-state index in [9.17, 15) is 14.7 Å². The predicted molar refractivity (Wildman–Crippen MR) is 153 cm³/mol. The standard InChI is InChI=1S/C26H25BrIN3O4S/c1-5-30(6-2)25(34)21-14(3)29-26-31(22(21)16-9-7-8-10-19(16)35-4)24(33)20(36-26)13-15-11-17(27)23(32)18(28)12-15/h7-13,22,32H,5-6H2,1-4H3/b20-13+/t22-/m1/s1. The molecule has 2 aromatic carbocycles. The number of phenols is 1. The maximum Gasteiger partial charge on any atom is 0.271 e. The van der Waals surface area contributed by atoms with Crippen LogP contribution in [0.2, 0.25) is 0 Å². The van der Waals surface area contributed by atoms with Gasteiger partial charge >= 0.3 is 0 Å². The van der Waals surface area contributed by atoms with Crippen molar-refractivity contribution in [3.63, 3.8) is 0 Å². The van der Waals surface area contributed by atoms with E-state index in [1.54, 1.807) is 34.8 Å². The molecule has 0 spiro atoms. The van der Waals surface area contributed by atoms with Crippen LogP contribution in [0.15, 0.2) is 61.9 Å². The molecule has 10 heteroatoms. The Labute approximate surface area is 234 Å². The van der Waals surface area contributed by atoms with E-state index in [-0.39, 0.29) is 17.2 Å². The SMILES string of the molecule is CCN(CC)C(=O)C1=C(C)N=c2s/c(=C/c3cc(Br)c(O)c(I)c3)c(=O)n2[C@@H]1c1ccccc1OC. The first-order valence-corrected chi connectivity index (χ1v) is 14.0. The minimum absolute atomic E-state index is 0.150. The summed E-state index contributed by atoms with van der Waals surface area (Å²) in [7, 11) is 1.58. The molecule has 3 aromatic rings.